The molecular formula is C3H11N3O12. The predicted molar refractivity (Wildman–Crippen MR) is 46.5 cm³/mol. The van der Waals surface area contributed by atoms with Crippen molar-refractivity contribution >= 4 is 0 Å². The molecule has 0 saturated heterocycles. The summed E-state index contributed by atoms with van der Waals surface area (Å²) < 4.78 is 0. The molecule has 0 radical (unpaired) electrons. The Morgan fingerprint density at radius 3 is 0.889 bits per heavy atom. The standard InChI is InChI=1S/C3H8O3.3HNO3/c4-1-3(6)2-5;3*2-1(3)4/h3-6H,1-2H2;3*(H,2,3,4). The fourth-order valence-corrected chi connectivity index (χ4v) is 0.0577. The second-order valence-electron chi connectivity index (χ2n) is 1.73. The molecule has 18 heavy (non-hydrogen) atoms. The van der Waals surface area contributed by atoms with Crippen molar-refractivity contribution in [3.63, 3.8) is 0 Å². The minimum Gasteiger partial charge on any atom is -0.394 e. The third-order valence-electron chi connectivity index (χ3n) is 0.421. The molecule has 0 atom stereocenters. The van der Waals surface area contributed by atoms with Gasteiger partial charge >= 0.3 is 0 Å². The van der Waals surface area contributed by atoms with Crippen molar-refractivity contribution < 1.29 is 46.2 Å². The van der Waals surface area contributed by atoms with Crippen LogP contribution in [0.2, 0.25) is 0 Å². The van der Waals surface area contributed by atoms with Crippen molar-refractivity contribution in [2.75, 3.05) is 13.2 Å². The van der Waals surface area contributed by atoms with E-state index in [0.717, 1.165) is 0 Å². The maximum Gasteiger partial charge on any atom is 0.291 e. The van der Waals surface area contributed by atoms with Gasteiger partial charge in [-0.2, -0.15) is 0 Å². The van der Waals surface area contributed by atoms with Gasteiger partial charge in [0.1, 0.15) is 6.10 Å². The molecule has 6 N–H and O–H groups in total. The van der Waals surface area contributed by atoms with Gasteiger partial charge in [-0.25, -0.2) is 0 Å². The van der Waals surface area contributed by atoms with E-state index < -0.39 is 21.4 Å². The molecule has 0 aromatic carbocycles. The minimum atomic E-state index is -1.50. The summed E-state index contributed by atoms with van der Waals surface area (Å²) in [5, 5.41) is 64.9. The molecular weight excluding hydrogens is 270 g/mol. The number of hydrogen-bond donors (Lipinski definition) is 6. The number of hydrogen-bond acceptors (Lipinski definition) is 9. The molecule has 0 unspecified atom stereocenters. The van der Waals surface area contributed by atoms with Gasteiger partial charge in [-0.3, -0.25) is 0 Å². The Labute approximate surface area is 97.1 Å². The largest absolute Gasteiger partial charge is 0.394 e. The van der Waals surface area contributed by atoms with Crippen LogP contribution in [0.15, 0.2) is 0 Å². The highest BCUT2D eigenvalue weighted by atomic mass is 16.9. The van der Waals surface area contributed by atoms with Crippen LogP contribution in [-0.2, 0) is 0 Å². The van der Waals surface area contributed by atoms with Gasteiger partial charge in [-0.05, 0) is 0 Å². The predicted octanol–water partition coefficient (Wildman–Crippen LogP) is -2.71. The van der Waals surface area contributed by atoms with Crippen molar-refractivity contribution in [2.24, 2.45) is 0 Å². The Morgan fingerprint density at radius 2 is 0.889 bits per heavy atom. The van der Waals surface area contributed by atoms with E-state index in [9.17, 15) is 0 Å². The SMILES string of the molecule is O=[N+]([O-])O.O=[N+]([O-])O.O=[N+]([O-])O.OCC(O)CO. The molecule has 0 aliphatic heterocycles. The van der Waals surface area contributed by atoms with Crippen LogP contribution in [0.4, 0.5) is 0 Å². The summed E-state index contributed by atoms with van der Waals surface area (Å²) in [6.45, 7) is -0.729. The first-order valence-electron chi connectivity index (χ1n) is 3.40. The van der Waals surface area contributed by atoms with Crippen LogP contribution in [0, 0.1) is 30.3 Å². The van der Waals surface area contributed by atoms with E-state index in [1.54, 1.807) is 0 Å². The van der Waals surface area contributed by atoms with Crippen LogP contribution in [0.25, 0.3) is 0 Å². The fourth-order valence-electron chi connectivity index (χ4n) is 0.0577. The lowest BCUT2D eigenvalue weighted by Gasteiger charge is -1.96. The highest BCUT2D eigenvalue weighted by Gasteiger charge is 1.93. The van der Waals surface area contributed by atoms with Crippen LogP contribution in [0.5, 0.6) is 0 Å². The van der Waals surface area contributed by atoms with E-state index in [2.05, 4.69) is 0 Å². The minimum absolute atomic E-state index is 0.365. The molecule has 0 aromatic heterocycles. The Balaban J connectivity index is -0.0000000742. The van der Waals surface area contributed by atoms with E-state index >= 15 is 0 Å². The monoisotopic (exact) mass is 281 g/mol. The highest BCUT2D eigenvalue weighted by molar-refractivity contribution is 4.43. The van der Waals surface area contributed by atoms with Gasteiger partial charge in [-0.1, -0.05) is 0 Å². The van der Waals surface area contributed by atoms with Crippen LogP contribution in [-0.4, -0.2) is 65.5 Å². The number of aliphatic hydroxyl groups is 3. The van der Waals surface area contributed by atoms with E-state index in [4.69, 9.17) is 61.3 Å². The molecule has 0 saturated carbocycles. The molecule has 0 fully saturated rings. The Kier molecular flexibility index (Phi) is 27.3. The first kappa shape index (κ1) is 24.6. The van der Waals surface area contributed by atoms with Gasteiger partial charge in [-0.15, -0.1) is 30.3 Å². The zero-order valence-corrected chi connectivity index (χ0v) is 8.47. The summed E-state index contributed by atoms with van der Waals surface area (Å²) in [5.41, 5.74) is 0. The Bertz CT molecular complexity index is 174. The van der Waals surface area contributed by atoms with Gasteiger partial charge in [0.25, 0.3) is 15.3 Å². The van der Waals surface area contributed by atoms with Gasteiger partial charge < -0.3 is 30.9 Å². The third kappa shape index (κ3) is 959. The zero-order valence-electron chi connectivity index (χ0n) is 8.47. The third-order valence-corrected chi connectivity index (χ3v) is 0.421. The van der Waals surface area contributed by atoms with Crippen molar-refractivity contribution in [3.8, 4) is 0 Å². The molecule has 0 aliphatic carbocycles. The van der Waals surface area contributed by atoms with E-state index in [1.165, 1.54) is 0 Å². The summed E-state index contributed by atoms with van der Waals surface area (Å²) in [7, 11) is 0. The van der Waals surface area contributed by atoms with E-state index in [-0.39, 0.29) is 13.2 Å². The average Bonchev–Trinajstić information content (AvgIpc) is 2.13. The lowest BCUT2D eigenvalue weighted by Crippen LogP contribution is -2.15. The van der Waals surface area contributed by atoms with Gasteiger partial charge in [0.2, 0.25) is 0 Å². The fraction of sp³-hybridized carbons (Fsp3) is 1.00. The van der Waals surface area contributed by atoms with Crippen LogP contribution >= 0.6 is 0 Å². The van der Waals surface area contributed by atoms with Crippen molar-refractivity contribution in [3.05, 3.63) is 30.3 Å². The molecule has 15 nitrogen and oxygen atoms in total. The molecule has 0 aliphatic rings. The van der Waals surface area contributed by atoms with Crippen LogP contribution < -0.4 is 0 Å². The molecule has 0 bridgehead atoms. The summed E-state index contributed by atoms with van der Waals surface area (Å²) in [6, 6.07) is 0. The van der Waals surface area contributed by atoms with Gasteiger partial charge in [0, 0.05) is 0 Å². The normalized spacial score (nSPS) is 7.33. The Hall–Kier alpha value is -2.52. The molecule has 0 heterocycles. The van der Waals surface area contributed by atoms with Crippen LogP contribution in [0.3, 0.4) is 0 Å². The highest BCUT2D eigenvalue weighted by Crippen LogP contribution is 1.71. The summed E-state index contributed by atoms with van der Waals surface area (Å²) >= 11 is 0. The smallest absolute Gasteiger partial charge is 0.291 e. The molecule has 0 spiro atoms. The van der Waals surface area contributed by atoms with Gasteiger partial charge in [0.15, 0.2) is 0 Å². The van der Waals surface area contributed by atoms with Crippen molar-refractivity contribution in [2.45, 2.75) is 6.10 Å². The van der Waals surface area contributed by atoms with E-state index in [1.807, 2.05) is 0 Å². The zero-order chi connectivity index (χ0) is 15.7. The Morgan fingerprint density at radius 1 is 0.778 bits per heavy atom. The maximum absolute atomic E-state index is 8.36. The second-order valence-corrected chi connectivity index (χ2v) is 1.73. The van der Waals surface area contributed by atoms with Crippen molar-refractivity contribution in [1.29, 1.82) is 0 Å². The number of aliphatic hydroxyl groups excluding tert-OH is 3. The first-order chi connectivity index (χ1) is 8.00. The average molecular weight is 281 g/mol. The topological polar surface area (TPSA) is 251 Å². The van der Waals surface area contributed by atoms with Crippen molar-refractivity contribution in [1.82, 2.24) is 0 Å². The lowest BCUT2D eigenvalue weighted by atomic mass is 10.4. The lowest BCUT2D eigenvalue weighted by molar-refractivity contribution is -0.742. The number of rotatable bonds is 2. The quantitative estimate of drug-likeness (QED) is 0.223. The summed E-state index contributed by atoms with van der Waals surface area (Å²) in [6.07, 6.45) is -0.954. The first-order valence-corrected chi connectivity index (χ1v) is 3.40. The van der Waals surface area contributed by atoms with Crippen LogP contribution in [0.1, 0.15) is 0 Å². The molecule has 15 heteroatoms. The molecule has 0 rings (SSSR count). The summed E-state index contributed by atoms with van der Waals surface area (Å²) in [4.78, 5) is 25.1. The molecule has 110 valence electrons. The maximum atomic E-state index is 8.36. The molecule has 0 amide bonds. The second kappa shape index (κ2) is 20.0. The molecule has 0 aromatic rings. The summed E-state index contributed by atoms with van der Waals surface area (Å²) in [5.74, 6) is 0. The van der Waals surface area contributed by atoms with Gasteiger partial charge in [0.05, 0.1) is 13.2 Å². The number of nitrogens with zero attached hydrogens (tertiary/aromatic N) is 3. The van der Waals surface area contributed by atoms with E-state index in [0.29, 0.717) is 0 Å².